The van der Waals surface area contributed by atoms with Crippen molar-refractivity contribution < 1.29 is 18.3 Å². The van der Waals surface area contributed by atoms with Gasteiger partial charge < -0.3 is 10.4 Å². The van der Waals surface area contributed by atoms with E-state index in [9.17, 15) is 13.2 Å². The Morgan fingerprint density at radius 1 is 1.50 bits per heavy atom. The van der Waals surface area contributed by atoms with E-state index < -0.39 is 21.5 Å². The van der Waals surface area contributed by atoms with Crippen LogP contribution < -0.4 is 10.0 Å². The highest BCUT2D eigenvalue weighted by atomic mass is 32.2. The van der Waals surface area contributed by atoms with Gasteiger partial charge in [0.25, 0.3) is 0 Å². The highest BCUT2D eigenvalue weighted by molar-refractivity contribution is 7.88. The molecule has 0 spiro atoms. The summed E-state index contributed by atoms with van der Waals surface area (Å²) in [7, 11) is -3.26. The van der Waals surface area contributed by atoms with Crippen LogP contribution in [0.15, 0.2) is 6.20 Å². The minimum absolute atomic E-state index is 0.107. The van der Waals surface area contributed by atoms with E-state index in [1.165, 1.54) is 10.9 Å². The minimum atomic E-state index is -3.26. The summed E-state index contributed by atoms with van der Waals surface area (Å²) in [4.78, 5) is 10.6. The van der Waals surface area contributed by atoms with Crippen molar-refractivity contribution in [2.75, 3.05) is 19.3 Å². The molecule has 0 saturated heterocycles. The van der Waals surface area contributed by atoms with Crippen molar-refractivity contribution in [2.45, 2.75) is 25.9 Å². The van der Waals surface area contributed by atoms with Gasteiger partial charge in [-0.3, -0.25) is 4.68 Å². The summed E-state index contributed by atoms with van der Waals surface area (Å²) in [5.74, 6) is -1.12. The number of aromatic carboxylic acids is 1. The Bertz CT molecular complexity index is 566. The third-order valence-electron chi connectivity index (χ3n) is 2.30. The average molecular weight is 305 g/mol. The molecule has 0 aliphatic heterocycles. The standard InChI is InChI=1S/C10H19N5O4S/c1-10(2,13-20(3,18)19)7-11-4-5-15-6-8(9(16)17)12-14-15/h6,11,13H,4-5,7H2,1-3H3,(H,16,17). The van der Waals surface area contributed by atoms with E-state index in [4.69, 9.17) is 5.11 Å². The second kappa shape index (κ2) is 6.29. The Hall–Kier alpha value is -1.52. The van der Waals surface area contributed by atoms with Crippen molar-refractivity contribution in [3.8, 4) is 0 Å². The van der Waals surface area contributed by atoms with Gasteiger partial charge in [-0.2, -0.15) is 0 Å². The molecule has 10 heteroatoms. The van der Waals surface area contributed by atoms with Crippen molar-refractivity contribution in [2.24, 2.45) is 0 Å². The third kappa shape index (κ3) is 6.08. The van der Waals surface area contributed by atoms with Crippen LogP contribution in [0.1, 0.15) is 24.3 Å². The Balaban J connectivity index is 2.35. The fourth-order valence-corrected chi connectivity index (χ4v) is 2.71. The minimum Gasteiger partial charge on any atom is -0.476 e. The molecule has 0 fully saturated rings. The lowest BCUT2D eigenvalue weighted by Crippen LogP contribution is -2.50. The molecule has 0 amide bonds. The molecule has 1 heterocycles. The Morgan fingerprint density at radius 2 is 2.15 bits per heavy atom. The van der Waals surface area contributed by atoms with Gasteiger partial charge in [0.1, 0.15) is 0 Å². The summed E-state index contributed by atoms with van der Waals surface area (Å²) in [6.45, 7) is 4.91. The van der Waals surface area contributed by atoms with Crippen LogP contribution >= 0.6 is 0 Å². The summed E-state index contributed by atoms with van der Waals surface area (Å²) in [6, 6.07) is 0. The molecule has 0 aromatic carbocycles. The largest absolute Gasteiger partial charge is 0.476 e. The van der Waals surface area contributed by atoms with E-state index in [0.29, 0.717) is 19.6 Å². The highest BCUT2D eigenvalue weighted by Gasteiger charge is 2.21. The topological polar surface area (TPSA) is 126 Å². The first-order valence-corrected chi connectivity index (χ1v) is 7.81. The SMILES string of the molecule is CC(C)(CNCCn1cc(C(=O)O)nn1)NS(C)(=O)=O. The van der Waals surface area contributed by atoms with Crippen LogP contribution in [0.25, 0.3) is 0 Å². The molecule has 3 N–H and O–H groups in total. The maximum atomic E-state index is 11.2. The maximum Gasteiger partial charge on any atom is 0.358 e. The molecule has 20 heavy (non-hydrogen) atoms. The number of hydrogen-bond donors (Lipinski definition) is 3. The predicted molar refractivity (Wildman–Crippen MR) is 71.9 cm³/mol. The highest BCUT2D eigenvalue weighted by Crippen LogP contribution is 2.01. The summed E-state index contributed by atoms with van der Waals surface area (Å²) in [6.07, 6.45) is 2.45. The van der Waals surface area contributed by atoms with Crippen molar-refractivity contribution in [3.63, 3.8) is 0 Å². The van der Waals surface area contributed by atoms with Crippen LogP contribution in [0.4, 0.5) is 0 Å². The number of rotatable bonds is 8. The molecule has 0 bridgehead atoms. The molecule has 9 nitrogen and oxygen atoms in total. The van der Waals surface area contributed by atoms with Gasteiger partial charge >= 0.3 is 5.97 Å². The van der Waals surface area contributed by atoms with Crippen LogP contribution in [0.2, 0.25) is 0 Å². The van der Waals surface area contributed by atoms with Crippen LogP contribution in [-0.4, -0.2) is 59.4 Å². The van der Waals surface area contributed by atoms with E-state index >= 15 is 0 Å². The second-order valence-electron chi connectivity index (χ2n) is 5.11. The van der Waals surface area contributed by atoms with Crippen molar-refractivity contribution in [3.05, 3.63) is 11.9 Å². The van der Waals surface area contributed by atoms with E-state index in [0.717, 1.165) is 6.26 Å². The predicted octanol–water partition coefficient (Wildman–Crippen LogP) is -1.11. The molecule has 0 radical (unpaired) electrons. The van der Waals surface area contributed by atoms with Gasteiger partial charge in [0.05, 0.1) is 19.0 Å². The number of carboxylic acid groups (broad SMARTS) is 1. The number of hydrogen-bond acceptors (Lipinski definition) is 6. The zero-order valence-electron chi connectivity index (χ0n) is 11.6. The quantitative estimate of drug-likeness (QED) is 0.520. The lowest BCUT2D eigenvalue weighted by molar-refractivity contribution is 0.0690. The first-order valence-electron chi connectivity index (χ1n) is 5.92. The molecule has 0 unspecified atom stereocenters. The average Bonchev–Trinajstić information content (AvgIpc) is 2.69. The Morgan fingerprint density at radius 3 is 2.65 bits per heavy atom. The van der Waals surface area contributed by atoms with Gasteiger partial charge in [-0.15, -0.1) is 5.10 Å². The molecule has 0 aliphatic rings. The summed E-state index contributed by atoms with van der Waals surface area (Å²) in [5.41, 5.74) is -0.716. The summed E-state index contributed by atoms with van der Waals surface area (Å²) in [5, 5.41) is 18.9. The van der Waals surface area contributed by atoms with Crippen LogP contribution in [0, 0.1) is 0 Å². The second-order valence-corrected chi connectivity index (χ2v) is 6.86. The monoisotopic (exact) mass is 305 g/mol. The maximum absolute atomic E-state index is 11.2. The van der Waals surface area contributed by atoms with Gasteiger partial charge in [-0.25, -0.2) is 17.9 Å². The van der Waals surface area contributed by atoms with Gasteiger partial charge in [-0.05, 0) is 13.8 Å². The van der Waals surface area contributed by atoms with E-state index in [1.54, 1.807) is 13.8 Å². The lowest BCUT2D eigenvalue weighted by atomic mass is 10.1. The molecule has 114 valence electrons. The number of nitrogens with zero attached hydrogens (tertiary/aromatic N) is 3. The summed E-state index contributed by atoms with van der Waals surface area (Å²) >= 11 is 0. The zero-order valence-corrected chi connectivity index (χ0v) is 12.4. The number of carboxylic acids is 1. The first-order chi connectivity index (χ1) is 9.09. The van der Waals surface area contributed by atoms with E-state index in [1.807, 2.05) is 0 Å². The van der Waals surface area contributed by atoms with Gasteiger partial charge in [0.2, 0.25) is 10.0 Å². The number of sulfonamides is 1. The molecule has 1 rings (SSSR count). The van der Waals surface area contributed by atoms with Gasteiger partial charge in [0.15, 0.2) is 5.69 Å². The smallest absolute Gasteiger partial charge is 0.358 e. The number of aromatic nitrogens is 3. The Kier molecular flexibility index (Phi) is 5.20. The summed E-state index contributed by atoms with van der Waals surface area (Å²) < 4.78 is 26.2. The Labute approximate surface area is 117 Å². The molecule has 0 aliphatic carbocycles. The third-order valence-corrected chi connectivity index (χ3v) is 3.23. The molecule has 1 aromatic rings. The molecule has 0 saturated carbocycles. The number of nitrogens with one attached hydrogen (secondary N) is 2. The van der Waals surface area contributed by atoms with Crippen LogP contribution in [0.3, 0.4) is 0 Å². The normalized spacial score (nSPS) is 12.6. The number of carbonyl (C=O) groups is 1. The van der Waals surface area contributed by atoms with E-state index in [-0.39, 0.29) is 5.69 Å². The molecule has 0 atom stereocenters. The zero-order chi connectivity index (χ0) is 15.4. The first kappa shape index (κ1) is 16.5. The fraction of sp³-hybridized carbons (Fsp3) is 0.700. The molecule has 1 aromatic heterocycles. The van der Waals surface area contributed by atoms with Gasteiger partial charge in [-0.1, -0.05) is 5.21 Å². The molecular formula is C10H19N5O4S. The van der Waals surface area contributed by atoms with Crippen molar-refractivity contribution >= 4 is 16.0 Å². The van der Waals surface area contributed by atoms with Crippen LogP contribution in [0.5, 0.6) is 0 Å². The lowest BCUT2D eigenvalue weighted by Gasteiger charge is -2.25. The van der Waals surface area contributed by atoms with Crippen LogP contribution in [-0.2, 0) is 16.6 Å². The van der Waals surface area contributed by atoms with Crippen molar-refractivity contribution in [1.82, 2.24) is 25.0 Å². The fourth-order valence-electron chi connectivity index (χ4n) is 1.64. The van der Waals surface area contributed by atoms with Gasteiger partial charge in [0, 0.05) is 18.6 Å². The molecular weight excluding hydrogens is 286 g/mol. The van der Waals surface area contributed by atoms with Crippen molar-refractivity contribution in [1.29, 1.82) is 0 Å². The van der Waals surface area contributed by atoms with E-state index in [2.05, 4.69) is 20.4 Å².